The molecule has 3 radical (unpaired) electrons. The van der Waals surface area contributed by atoms with E-state index in [2.05, 4.69) is 13.8 Å². The first-order valence-corrected chi connectivity index (χ1v) is 10.1. The van der Waals surface area contributed by atoms with Gasteiger partial charge in [0.05, 0.1) is 11.7 Å². The molecule has 0 spiro atoms. The summed E-state index contributed by atoms with van der Waals surface area (Å²) in [5, 5.41) is 0. The summed E-state index contributed by atoms with van der Waals surface area (Å²) in [6.45, 7) is 12.5. The molecule has 0 aliphatic carbocycles. The van der Waals surface area contributed by atoms with Crippen molar-refractivity contribution in [2.45, 2.75) is 77.8 Å². The molecule has 3 rings (SSSR count). The van der Waals surface area contributed by atoms with Crippen molar-refractivity contribution in [3.8, 4) is 0 Å². The first-order valence-electron chi connectivity index (χ1n) is 9.26. The second-order valence-electron chi connectivity index (χ2n) is 6.62. The first kappa shape index (κ1) is 35.0. The minimum atomic E-state index is -0.249. The van der Waals surface area contributed by atoms with E-state index >= 15 is 0 Å². The standard InChI is InChI=1S/C13H17N2O3.C4H10P.C2H6.3Y/c1-8-5-9-3-4-11(18-9)10-7-15(6-8)13(17)14(2)12(10)16;1-3-4(2)5;1-2;;;/h7,9,11H,3-6H2,1-2H3;4H,2-3,5H2,1H3;1-2H3;;;/q2*-1;;;;/p+1/t9?,11-;;;;;/m1...../s1. The van der Waals surface area contributed by atoms with E-state index in [1.54, 1.807) is 10.8 Å². The monoisotopic (exact) mass is 636 g/mol. The van der Waals surface area contributed by atoms with Crippen molar-refractivity contribution >= 4 is 9.24 Å². The molecule has 2 aliphatic rings. The van der Waals surface area contributed by atoms with Crippen molar-refractivity contribution in [3.05, 3.63) is 45.4 Å². The molecular weight excluding hydrogens is 602 g/mol. The fourth-order valence-corrected chi connectivity index (χ4v) is 2.91. The number of hydrogen-bond donors (Lipinski definition) is 0. The molecule has 1 fully saturated rings. The summed E-state index contributed by atoms with van der Waals surface area (Å²) in [5.74, 6) is 1.22. The first-order chi connectivity index (χ1) is 11.8. The quantitative estimate of drug-likeness (QED) is 0.352. The number of hydrogen-bond acceptors (Lipinski definition) is 3. The summed E-state index contributed by atoms with van der Waals surface area (Å²) in [6.07, 6.45) is 5.68. The van der Waals surface area contributed by atoms with Gasteiger partial charge in [-0.3, -0.25) is 15.3 Å². The van der Waals surface area contributed by atoms with Gasteiger partial charge in [0.15, 0.2) is 0 Å². The predicted octanol–water partition coefficient (Wildman–Crippen LogP) is 2.99. The average molecular weight is 636 g/mol. The molecule has 3 unspecified atom stereocenters. The van der Waals surface area contributed by atoms with Crippen LogP contribution in [0.2, 0.25) is 0 Å². The molecular formula is C19H34N2O3PY3-. The van der Waals surface area contributed by atoms with E-state index < -0.39 is 0 Å². The smallest absolute Gasteiger partial charge is 0.328 e. The largest absolute Gasteiger partial charge is 0.373 e. The molecule has 1 aromatic rings. The average Bonchev–Trinajstić information content (AvgIpc) is 3.07. The molecule has 5 nitrogen and oxygen atoms in total. The Bertz CT molecular complexity index is 665. The number of aromatic nitrogens is 2. The van der Waals surface area contributed by atoms with E-state index in [9.17, 15) is 9.59 Å². The summed E-state index contributed by atoms with van der Waals surface area (Å²) in [6, 6.07) is 0. The SMILES string of the molecule is CC.C[C-]1CC2CC[C@@H](O2)c2cn(c(=O)n(C)c2=O)C1.[CH2-]C([PH3+])CC.[Y].[Y].[Y]. The zero-order valence-electron chi connectivity index (χ0n) is 18.1. The molecule has 0 N–H and O–H groups in total. The van der Waals surface area contributed by atoms with Gasteiger partial charge < -0.3 is 16.2 Å². The fraction of sp³-hybridized carbons (Fsp3) is 0.684. The topological polar surface area (TPSA) is 53.2 Å². The van der Waals surface area contributed by atoms with Crippen LogP contribution in [0, 0.1) is 12.8 Å². The van der Waals surface area contributed by atoms with Gasteiger partial charge in [-0.05, 0) is 19.3 Å². The van der Waals surface area contributed by atoms with Crippen LogP contribution in [-0.2, 0) is 116 Å². The van der Waals surface area contributed by atoms with E-state index in [4.69, 9.17) is 4.74 Å². The summed E-state index contributed by atoms with van der Waals surface area (Å²) >= 11 is 0. The van der Waals surface area contributed by atoms with Crippen LogP contribution in [-0.4, -0.2) is 20.9 Å². The molecule has 2 aliphatic heterocycles. The van der Waals surface area contributed by atoms with Crippen LogP contribution in [0.15, 0.2) is 15.8 Å². The minimum Gasteiger partial charge on any atom is -0.373 e. The molecule has 153 valence electrons. The summed E-state index contributed by atoms with van der Waals surface area (Å²) < 4.78 is 8.72. The van der Waals surface area contributed by atoms with E-state index in [1.165, 1.54) is 24.0 Å². The summed E-state index contributed by atoms with van der Waals surface area (Å²) in [4.78, 5) is 24.1. The Morgan fingerprint density at radius 1 is 1.29 bits per heavy atom. The van der Waals surface area contributed by atoms with E-state index in [0.717, 1.165) is 19.3 Å². The van der Waals surface area contributed by atoms with E-state index in [0.29, 0.717) is 17.8 Å². The molecule has 0 saturated carbocycles. The van der Waals surface area contributed by atoms with Gasteiger partial charge >= 0.3 is 5.69 Å². The zero-order valence-corrected chi connectivity index (χ0v) is 28.0. The maximum atomic E-state index is 12.1. The van der Waals surface area contributed by atoms with Gasteiger partial charge in [0.25, 0.3) is 5.56 Å². The van der Waals surface area contributed by atoms with Gasteiger partial charge in [-0.25, -0.2) is 4.79 Å². The molecule has 28 heavy (non-hydrogen) atoms. The van der Waals surface area contributed by atoms with Crippen molar-refractivity contribution in [3.63, 3.8) is 0 Å². The van der Waals surface area contributed by atoms with Crippen molar-refractivity contribution in [1.82, 2.24) is 9.13 Å². The second-order valence-corrected chi connectivity index (χ2v) is 7.77. The maximum Gasteiger partial charge on any atom is 0.328 e. The van der Waals surface area contributed by atoms with Crippen LogP contribution in [0.5, 0.6) is 0 Å². The van der Waals surface area contributed by atoms with Crippen molar-refractivity contribution < 1.29 is 103 Å². The Kier molecular flexibility index (Phi) is 22.3. The predicted molar refractivity (Wildman–Crippen MR) is 108 cm³/mol. The van der Waals surface area contributed by atoms with E-state index in [1.807, 2.05) is 30.0 Å². The van der Waals surface area contributed by atoms with Gasteiger partial charge in [-0.1, -0.05) is 42.2 Å². The number of ether oxygens (including phenoxy) is 1. The second kappa shape index (κ2) is 17.9. The van der Waals surface area contributed by atoms with Crippen molar-refractivity contribution in [2.24, 2.45) is 7.05 Å². The van der Waals surface area contributed by atoms with Gasteiger partial charge in [0, 0.05) is 117 Å². The Hall–Kier alpha value is 2.38. The maximum absolute atomic E-state index is 12.1. The summed E-state index contributed by atoms with van der Waals surface area (Å²) in [5.41, 5.74) is 0.812. The van der Waals surface area contributed by atoms with Gasteiger partial charge in [-0.15, -0.1) is 6.42 Å². The number of rotatable bonds is 1. The van der Waals surface area contributed by atoms with Crippen molar-refractivity contribution in [2.75, 3.05) is 0 Å². The third kappa shape index (κ3) is 10.3. The van der Waals surface area contributed by atoms with Gasteiger partial charge in [0.2, 0.25) is 0 Å². The third-order valence-corrected chi connectivity index (χ3v) is 5.00. The normalized spacial score (nSPS) is 20.8. The molecule has 1 saturated heterocycles. The Morgan fingerprint density at radius 3 is 2.32 bits per heavy atom. The Morgan fingerprint density at radius 2 is 1.82 bits per heavy atom. The van der Waals surface area contributed by atoms with Gasteiger partial charge in [0.1, 0.15) is 0 Å². The molecule has 1 aromatic heterocycles. The molecule has 0 amide bonds. The number of nitrogens with zero attached hydrogens (tertiary/aromatic N) is 2. The molecule has 4 bridgehead atoms. The third-order valence-electron chi connectivity index (χ3n) is 4.43. The van der Waals surface area contributed by atoms with Crippen LogP contribution in [0.25, 0.3) is 0 Å². The Labute approximate surface area is 248 Å². The summed E-state index contributed by atoms with van der Waals surface area (Å²) in [7, 11) is 3.47. The van der Waals surface area contributed by atoms with Crippen LogP contribution in [0.4, 0.5) is 0 Å². The molecule has 9 heteroatoms. The van der Waals surface area contributed by atoms with E-state index in [-0.39, 0.29) is 122 Å². The minimum absolute atomic E-state index is 0. The molecule has 0 aromatic carbocycles. The number of fused-ring (bicyclic) bond motifs is 5. The van der Waals surface area contributed by atoms with Crippen LogP contribution >= 0.6 is 9.24 Å². The van der Waals surface area contributed by atoms with Crippen molar-refractivity contribution in [1.29, 1.82) is 0 Å². The Balaban J connectivity index is -0.000000553. The van der Waals surface area contributed by atoms with Crippen LogP contribution < -0.4 is 11.2 Å². The molecule has 4 atom stereocenters. The van der Waals surface area contributed by atoms with Crippen LogP contribution in [0.3, 0.4) is 0 Å². The van der Waals surface area contributed by atoms with Crippen LogP contribution in [0.1, 0.15) is 65.0 Å². The molecule has 3 heterocycles. The zero-order chi connectivity index (χ0) is 19.1. The van der Waals surface area contributed by atoms with Gasteiger partial charge in [-0.2, -0.15) is 6.92 Å². The fourth-order valence-electron chi connectivity index (χ4n) is 2.91.